The lowest BCUT2D eigenvalue weighted by Crippen LogP contribution is -2.33. The van der Waals surface area contributed by atoms with Crippen LogP contribution in [0.25, 0.3) is 11.0 Å². The van der Waals surface area contributed by atoms with Gasteiger partial charge in [-0.2, -0.15) is 0 Å². The van der Waals surface area contributed by atoms with Crippen LogP contribution in [-0.4, -0.2) is 40.0 Å². The predicted octanol–water partition coefficient (Wildman–Crippen LogP) is 2.04. The highest BCUT2D eigenvalue weighted by Crippen LogP contribution is 2.18. The van der Waals surface area contributed by atoms with E-state index < -0.39 is 0 Å². The molecule has 0 atom stereocenters. The molecule has 0 aliphatic carbocycles. The Balaban J connectivity index is 1.28. The van der Waals surface area contributed by atoms with Crippen molar-refractivity contribution in [3.63, 3.8) is 0 Å². The molecule has 27 heavy (non-hydrogen) atoms. The normalized spacial score (nSPS) is 14.3. The molecule has 0 fully saturated rings. The molecular weight excluding hydrogens is 340 g/mol. The van der Waals surface area contributed by atoms with E-state index in [9.17, 15) is 9.59 Å². The number of fused-ring (bicyclic) bond motifs is 2. The minimum Gasteiger partial charge on any atom is -0.352 e. The Morgan fingerprint density at radius 2 is 2.00 bits per heavy atom. The second kappa shape index (κ2) is 7.40. The number of nitrogens with one attached hydrogen (secondary N) is 2. The lowest BCUT2D eigenvalue weighted by molar-refractivity contribution is 0.0951. The highest BCUT2D eigenvalue weighted by atomic mass is 16.2. The first kappa shape index (κ1) is 17.5. The van der Waals surface area contributed by atoms with Gasteiger partial charge in [-0.05, 0) is 42.2 Å². The highest BCUT2D eigenvalue weighted by molar-refractivity contribution is 5.97. The van der Waals surface area contributed by atoms with Crippen LogP contribution in [0, 0.1) is 0 Å². The first-order valence-corrected chi connectivity index (χ1v) is 9.38. The second-order valence-electron chi connectivity index (χ2n) is 7.13. The van der Waals surface area contributed by atoms with Gasteiger partial charge in [-0.3, -0.25) is 14.3 Å². The minimum atomic E-state index is -0.175. The zero-order valence-electron chi connectivity index (χ0n) is 15.5. The van der Waals surface area contributed by atoms with Crippen molar-refractivity contribution in [2.75, 3.05) is 19.6 Å². The molecule has 0 unspecified atom stereocenters. The maximum absolute atomic E-state index is 12.4. The van der Waals surface area contributed by atoms with Gasteiger partial charge in [-0.25, -0.2) is 4.79 Å². The molecule has 2 N–H and O–H groups in total. The van der Waals surface area contributed by atoms with Gasteiger partial charge < -0.3 is 10.3 Å². The van der Waals surface area contributed by atoms with Gasteiger partial charge in [-0.15, -0.1) is 0 Å². The van der Waals surface area contributed by atoms with Gasteiger partial charge in [0.15, 0.2) is 0 Å². The van der Waals surface area contributed by atoms with E-state index >= 15 is 0 Å². The minimum absolute atomic E-state index is 0.106. The van der Waals surface area contributed by atoms with Gasteiger partial charge in [-0.1, -0.05) is 24.3 Å². The number of nitrogens with zero attached hydrogens (tertiary/aromatic N) is 2. The molecule has 6 nitrogen and oxygen atoms in total. The predicted molar refractivity (Wildman–Crippen MR) is 106 cm³/mol. The summed E-state index contributed by atoms with van der Waals surface area (Å²) in [5.41, 5.74) is 4.74. The summed E-state index contributed by atoms with van der Waals surface area (Å²) >= 11 is 0. The van der Waals surface area contributed by atoms with Crippen molar-refractivity contribution in [1.29, 1.82) is 0 Å². The van der Waals surface area contributed by atoms with Crippen LogP contribution >= 0.6 is 0 Å². The molecule has 1 aliphatic rings. The molecule has 1 aromatic heterocycles. The molecule has 0 spiro atoms. The number of carbonyl (C=O) groups is 1. The molecule has 2 heterocycles. The summed E-state index contributed by atoms with van der Waals surface area (Å²) < 4.78 is 1.54. The third kappa shape index (κ3) is 3.66. The van der Waals surface area contributed by atoms with E-state index in [-0.39, 0.29) is 11.6 Å². The fraction of sp³-hybridized carbons (Fsp3) is 0.333. The van der Waals surface area contributed by atoms with Crippen molar-refractivity contribution in [1.82, 2.24) is 19.8 Å². The molecule has 2 aromatic carbocycles. The van der Waals surface area contributed by atoms with Gasteiger partial charge >= 0.3 is 5.69 Å². The highest BCUT2D eigenvalue weighted by Gasteiger charge is 2.15. The molecule has 1 aliphatic heterocycles. The Bertz CT molecular complexity index is 1030. The zero-order valence-corrected chi connectivity index (χ0v) is 15.5. The largest absolute Gasteiger partial charge is 0.352 e. The Kier molecular flexibility index (Phi) is 4.81. The summed E-state index contributed by atoms with van der Waals surface area (Å²) in [6.07, 6.45) is 2.01. The lowest BCUT2D eigenvalue weighted by atomic mass is 10.00. The summed E-state index contributed by atoms with van der Waals surface area (Å²) in [5.74, 6) is -0.106. The number of carbonyl (C=O) groups excluding carboxylic acids is 1. The molecule has 0 saturated carbocycles. The molecule has 4 rings (SSSR count). The van der Waals surface area contributed by atoms with Crippen LogP contribution in [-0.2, 0) is 20.0 Å². The van der Waals surface area contributed by atoms with Crippen molar-refractivity contribution in [3.8, 4) is 0 Å². The topological polar surface area (TPSA) is 70.1 Å². The Morgan fingerprint density at radius 3 is 2.85 bits per heavy atom. The van der Waals surface area contributed by atoms with Gasteiger partial charge in [0.05, 0.1) is 11.0 Å². The molecule has 3 aromatic rings. The maximum atomic E-state index is 12.4. The Morgan fingerprint density at radius 1 is 1.19 bits per heavy atom. The lowest BCUT2D eigenvalue weighted by Gasteiger charge is -2.28. The quantitative estimate of drug-likeness (QED) is 0.681. The summed E-state index contributed by atoms with van der Waals surface area (Å²) in [5, 5.41) is 2.98. The average molecular weight is 364 g/mol. The van der Waals surface area contributed by atoms with Crippen molar-refractivity contribution in [3.05, 3.63) is 69.6 Å². The van der Waals surface area contributed by atoms with Crippen LogP contribution in [0.2, 0.25) is 0 Å². The summed E-state index contributed by atoms with van der Waals surface area (Å²) in [6.45, 7) is 3.67. The van der Waals surface area contributed by atoms with Gasteiger partial charge in [0, 0.05) is 38.8 Å². The van der Waals surface area contributed by atoms with Crippen LogP contribution in [0.5, 0.6) is 0 Å². The molecular formula is C21H24N4O2. The number of aromatic nitrogens is 2. The number of H-pyrrole nitrogens is 1. The van der Waals surface area contributed by atoms with E-state index in [1.165, 1.54) is 15.7 Å². The summed E-state index contributed by atoms with van der Waals surface area (Å²) in [4.78, 5) is 29.2. The van der Waals surface area contributed by atoms with Gasteiger partial charge in [0.2, 0.25) is 0 Å². The maximum Gasteiger partial charge on any atom is 0.326 e. The number of rotatable bonds is 5. The average Bonchev–Trinajstić information content (AvgIpc) is 2.98. The molecule has 1 amide bonds. The fourth-order valence-electron chi connectivity index (χ4n) is 3.73. The molecule has 6 heteroatoms. The summed E-state index contributed by atoms with van der Waals surface area (Å²) in [6, 6.07) is 13.9. The number of hydrogen-bond acceptors (Lipinski definition) is 3. The molecule has 0 saturated heterocycles. The standard InChI is InChI=1S/C21H24N4O2/c1-24-19-8-7-16(13-18(19)23-21(24)27)20(26)22-10-4-11-25-12-9-15-5-2-3-6-17(15)14-25/h2-3,5-8,13H,4,9-12,14H2,1H3,(H,22,26)(H,23,27). The van der Waals surface area contributed by atoms with E-state index in [0.29, 0.717) is 17.6 Å². The molecule has 0 bridgehead atoms. The monoisotopic (exact) mass is 364 g/mol. The zero-order chi connectivity index (χ0) is 18.8. The van der Waals surface area contributed by atoms with E-state index in [2.05, 4.69) is 39.5 Å². The number of aryl methyl sites for hydroxylation is 1. The van der Waals surface area contributed by atoms with E-state index in [4.69, 9.17) is 0 Å². The number of aromatic amines is 1. The van der Waals surface area contributed by atoms with Crippen LogP contribution in [0.3, 0.4) is 0 Å². The molecule has 0 radical (unpaired) electrons. The smallest absolute Gasteiger partial charge is 0.326 e. The van der Waals surface area contributed by atoms with Crippen molar-refractivity contribution in [2.45, 2.75) is 19.4 Å². The van der Waals surface area contributed by atoms with Gasteiger partial charge in [0.1, 0.15) is 0 Å². The van der Waals surface area contributed by atoms with E-state index in [0.717, 1.165) is 38.0 Å². The van der Waals surface area contributed by atoms with Crippen molar-refractivity contribution >= 4 is 16.9 Å². The first-order chi connectivity index (χ1) is 13.1. The van der Waals surface area contributed by atoms with Crippen LogP contribution in [0.1, 0.15) is 27.9 Å². The van der Waals surface area contributed by atoms with E-state index in [1.807, 2.05) is 0 Å². The van der Waals surface area contributed by atoms with Gasteiger partial charge in [0.25, 0.3) is 5.91 Å². The third-order valence-corrected chi connectivity index (χ3v) is 5.31. The van der Waals surface area contributed by atoms with E-state index in [1.54, 1.807) is 25.2 Å². The molecule has 140 valence electrons. The Labute approximate surface area is 157 Å². The summed E-state index contributed by atoms with van der Waals surface area (Å²) in [7, 11) is 1.71. The first-order valence-electron chi connectivity index (χ1n) is 9.38. The Hall–Kier alpha value is -2.86. The van der Waals surface area contributed by atoms with Crippen molar-refractivity contribution < 1.29 is 4.79 Å². The fourth-order valence-corrected chi connectivity index (χ4v) is 3.73. The number of imidazole rings is 1. The van der Waals surface area contributed by atoms with Crippen molar-refractivity contribution in [2.24, 2.45) is 7.05 Å². The number of hydrogen-bond donors (Lipinski definition) is 2. The number of benzene rings is 2. The third-order valence-electron chi connectivity index (χ3n) is 5.31. The SMILES string of the molecule is Cn1c(=O)[nH]c2cc(C(=O)NCCCN3CCc4ccccc4C3)ccc21. The van der Waals surface area contributed by atoms with Crippen LogP contribution < -0.4 is 11.0 Å². The van der Waals surface area contributed by atoms with Crippen LogP contribution in [0.4, 0.5) is 0 Å². The van der Waals surface area contributed by atoms with Crippen LogP contribution in [0.15, 0.2) is 47.3 Å². The second-order valence-corrected chi connectivity index (χ2v) is 7.13. The number of amides is 1.